The Morgan fingerprint density at radius 2 is 1.75 bits per heavy atom. The molecular formula is C21H23N3O4. The summed E-state index contributed by atoms with van der Waals surface area (Å²) in [6.45, 7) is 4.38. The zero-order valence-electron chi connectivity index (χ0n) is 16.1. The maximum atomic E-state index is 12.0. The van der Waals surface area contributed by atoms with E-state index >= 15 is 0 Å². The summed E-state index contributed by atoms with van der Waals surface area (Å²) in [5, 5.41) is 6.77. The number of carbonyl (C=O) groups excluding carboxylic acids is 1. The highest BCUT2D eigenvalue weighted by Crippen LogP contribution is 2.22. The van der Waals surface area contributed by atoms with E-state index in [4.69, 9.17) is 14.0 Å². The first-order valence-electron chi connectivity index (χ1n) is 9.01. The van der Waals surface area contributed by atoms with Gasteiger partial charge >= 0.3 is 0 Å². The highest BCUT2D eigenvalue weighted by Gasteiger charge is 2.11. The van der Waals surface area contributed by atoms with E-state index in [1.807, 2.05) is 50.2 Å². The first-order valence-corrected chi connectivity index (χ1v) is 9.01. The fourth-order valence-electron chi connectivity index (χ4n) is 2.42. The van der Waals surface area contributed by atoms with Crippen LogP contribution in [0.15, 0.2) is 53.1 Å². The van der Waals surface area contributed by atoms with Gasteiger partial charge < -0.3 is 19.3 Å². The van der Waals surface area contributed by atoms with Crippen LogP contribution in [0.3, 0.4) is 0 Å². The molecule has 0 radical (unpaired) electrons. The highest BCUT2D eigenvalue weighted by atomic mass is 16.5. The molecule has 0 aliphatic rings. The van der Waals surface area contributed by atoms with Crippen molar-refractivity contribution < 1.29 is 18.8 Å². The molecule has 1 heterocycles. The molecule has 3 rings (SSSR count). The first kappa shape index (κ1) is 19.4. The summed E-state index contributed by atoms with van der Waals surface area (Å²) in [7, 11) is 1.62. The normalized spacial score (nSPS) is 10.7. The van der Waals surface area contributed by atoms with E-state index in [2.05, 4.69) is 15.5 Å². The molecule has 7 heteroatoms. The van der Waals surface area contributed by atoms with Crippen molar-refractivity contribution in [2.75, 3.05) is 13.7 Å². The van der Waals surface area contributed by atoms with Crippen LogP contribution < -0.4 is 14.8 Å². The van der Waals surface area contributed by atoms with Crippen molar-refractivity contribution in [2.24, 2.45) is 0 Å². The van der Waals surface area contributed by atoms with Crippen LogP contribution in [0.1, 0.15) is 31.2 Å². The number of hydrogen-bond acceptors (Lipinski definition) is 6. The molecule has 1 N–H and O–H groups in total. The van der Waals surface area contributed by atoms with Gasteiger partial charge in [0.2, 0.25) is 0 Å². The Bertz CT molecular complexity index is 902. The zero-order valence-corrected chi connectivity index (χ0v) is 16.1. The van der Waals surface area contributed by atoms with Crippen LogP contribution in [0, 0.1) is 0 Å². The molecule has 0 aliphatic carbocycles. The Kier molecular flexibility index (Phi) is 6.26. The molecule has 7 nitrogen and oxygen atoms in total. The van der Waals surface area contributed by atoms with Crippen LogP contribution in [0.2, 0.25) is 0 Å². The smallest absolute Gasteiger partial charge is 0.258 e. The molecular weight excluding hydrogens is 358 g/mol. The molecule has 2 aromatic carbocycles. The monoisotopic (exact) mass is 381 g/mol. The van der Waals surface area contributed by atoms with Crippen molar-refractivity contribution in [1.82, 2.24) is 15.5 Å². The SMILES string of the molecule is COc1ccc(CNC(=O)COc2ccc(-c3nc(C(C)C)no3)cc2)cc1. The minimum Gasteiger partial charge on any atom is -0.497 e. The molecule has 0 fully saturated rings. The van der Waals surface area contributed by atoms with E-state index in [1.54, 1.807) is 19.2 Å². The van der Waals surface area contributed by atoms with Crippen LogP contribution in [0.5, 0.6) is 11.5 Å². The fraction of sp³-hybridized carbons (Fsp3) is 0.286. The lowest BCUT2D eigenvalue weighted by molar-refractivity contribution is -0.123. The van der Waals surface area contributed by atoms with E-state index in [1.165, 1.54) is 0 Å². The van der Waals surface area contributed by atoms with Gasteiger partial charge in [-0.1, -0.05) is 31.1 Å². The van der Waals surface area contributed by atoms with E-state index in [0.717, 1.165) is 16.9 Å². The third-order valence-electron chi connectivity index (χ3n) is 4.08. The van der Waals surface area contributed by atoms with Crippen molar-refractivity contribution in [3.8, 4) is 23.0 Å². The van der Waals surface area contributed by atoms with Crippen molar-refractivity contribution in [3.63, 3.8) is 0 Å². The molecule has 0 saturated heterocycles. The Hall–Kier alpha value is -3.35. The summed E-state index contributed by atoms with van der Waals surface area (Å²) in [5.74, 6) is 2.51. The number of rotatable bonds is 8. The average molecular weight is 381 g/mol. The number of nitrogens with one attached hydrogen (secondary N) is 1. The topological polar surface area (TPSA) is 86.5 Å². The predicted molar refractivity (Wildman–Crippen MR) is 104 cm³/mol. The Morgan fingerprint density at radius 3 is 2.36 bits per heavy atom. The molecule has 28 heavy (non-hydrogen) atoms. The molecule has 0 spiro atoms. The van der Waals surface area contributed by atoms with Gasteiger partial charge in [-0.3, -0.25) is 4.79 Å². The first-order chi connectivity index (χ1) is 13.5. The summed E-state index contributed by atoms with van der Waals surface area (Å²) in [5.41, 5.74) is 1.79. The second kappa shape index (κ2) is 9.03. The molecule has 0 bridgehead atoms. The second-order valence-corrected chi connectivity index (χ2v) is 6.55. The van der Waals surface area contributed by atoms with Crippen LogP contribution in [0.4, 0.5) is 0 Å². The van der Waals surface area contributed by atoms with Gasteiger partial charge in [0.05, 0.1) is 7.11 Å². The van der Waals surface area contributed by atoms with Crippen LogP contribution in [0.25, 0.3) is 11.5 Å². The molecule has 0 saturated carbocycles. The molecule has 3 aromatic rings. The third kappa shape index (κ3) is 5.09. The molecule has 0 unspecified atom stereocenters. The van der Waals surface area contributed by atoms with Gasteiger partial charge in [-0.05, 0) is 42.0 Å². The van der Waals surface area contributed by atoms with Crippen LogP contribution >= 0.6 is 0 Å². The Balaban J connectivity index is 1.47. The maximum absolute atomic E-state index is 12.0. The Morgan fingerprint density at radius 1 is 1.07 bits per heavy atom. The number of nitrogens with zero attached hydrogens (tertiary/aromatic N) is 2. The second-order valence-electron chi connectivity index (χ2n) is 6.55. The molecule has 1 aromatic heterocycles. The fourth-order valence-corrected chi connectivity index (χ4v) is 2.42. The van der Waals surface area contributed by atoms with E-state index < -0.39 is 0 Å². The lowest BCUT2D eigenvalue weighted by Crippen LogP contribution is -2.28. The lowest BCUT2D eigenvalue weighted by Gasteiger charge is -2.08. The maximum Gasteiger partial charge on any atom is 0.258 e. The number of carbonyl (C=O) groups is 1. The van der Waals surface area contributed by atoms with E-state index in [0.29, 0.717) is 24.0 Å². The summed E-state index contributed by atoms with van der Waals surface area (Å²) in [6, 6.07) is 14.7. The van der Waals surface area contributed by atoms with Gasteiger partial charge in [0.1, 0.15) is 11.5 Å². The van der Waals surface area contributed by atoms with Gasteiger partial charge in [-0.2, -0.15) is 4.98 Å². The zero-order chi connectivity index (χ0) is 19.9. The minimum atomic E-state index is -0.196. The average Bonchev–Trinajstić information content (AvgIpc) is 3.22. The van der Waals surface area contributed by atoms with Crippen molar-refractivity contribution in [3.05, 3.63) is 59.9 Å². The number of ether oxygens (including phenoxy) is 2. The summed E-state index contributed by atoms with van der Waals surface area (Å²) >= 11 is 0. The number of hydrogen-bond donors (Lipinski definition) is 1. The van der Waals surface area contributed by atoms with Crippen LogP contribution in [-0.4, -0.2) is 29.8 Å². The van der Waals surface area contributed by atoms with Gasteiger partial charge in [0.25, 0.3) is 11.8 Å². The Labute approximate surface area is 163 Å². The quantitative estimate of drug-likeness (QED) is 0.642. The van der Waals surface area contributed by atoms with Gasteiger partial charge in [-0.15, -0.1) is 0 Å². The molecule has 146 valence electrons. The van der Waals surface area contributed by atoms with Crippen molar-refractivity contribution >= 4 is 5.91 Å². The van der Waals surface area contributed by atoms with Crippen LogP contribution in [-0.2, 0) is 11.3 Å². The highest BCUT2D eigenvalue weighted by molar-refractivity contribution is 5.77. The molecule has 1 amide bonds. The summed E-state index contributed by atoms with van der Waals surface area (Å²) in [6.07, 6.45) is 0. The van der Waals surface area contributed by atoms with Crippen molar-refractivity contribution in [2.45, 2.75) is 26.3 Å². The van der Waals surface area contributed by atoms with E-state index in [9.17, 15) is 4.79 Å². The number of aromatic nitrogens is 2. The van der Waals surface area contributed by atoms with Gasteiger partial charge in [0.15, 0.2) is 12.4 Å². The van der Waals surface area contributed by atoms with Gasteiger partial charge in [-0.25, -0.2) is 0 Å². The summed E-state index contributed by atoms with van der Waals surface area (Å²) in [4.78, 5) is 16.3. The minimum absolute atomic E-state index is 0.0619. The summed E-state index contributed by atoms with van der Waals surface area (Å²) < 4.78 is 15.9. The van der Waals surface area contributed by atoms with E-state index in [-0.39, 0.29) is 18.4 Å². The predicted octanol–water partition coefficient (Wildman–Crippen LogP) is 3.56. The molecule has 0 atom stereocenters. The largest absolute Gasteiger partial charge is 0.497 e. The number of benzene rings is 2. The number of amides is 1. The van der Waals surface area contributed by atoms with Gasteiger partial charge in [0, 0.05) is 18.0 Å². The number of methoxy groups -OCH3 is 1. The molecule has 0 aliphatic heterocycles. The lowest BCUT2D eigenvalue weighted by atomic mass is 10.2. The standard InChI is InChI=1S/C21H23N3O4/c1-14(2)20-23-21(28-24-20)16-6-10-18(11-7-16)27-13-19(25)22-12-15-4-8-17(26-3)9-5-15/h4-11,14H,12-13H2,1-3H3,(H,22,25). The van der Waals surface area contributed by atoms with Crippen molar-refractivity contribution in [1.29, 1.82) is 0 Å². The third-order valence-corrected chi connectivity index (χ3v) is 4.08.